The van der Waals surface area contributed by atoms with Crippen LogP contribution in [0.3, 0.4) is 0 Å². The van der Waals surface area contributed by atoms with Crippen LogP contribution in [0.4, 0.5) is 0 Å². The van der Waals surface area contributed by atoms with Gasteiger partial charge in [0.15, 0.2) is 0 Å². The van der Waals surface area contributed by atoms with E-state index in [9.17, 15) is 8.42 Å². The number of sulfonamides is 1. The first-order valence-electron chi connectivity index (χ1n) is 7.34. The van der Waals surface area contributed by atoms with Crippen molar-refractivity contribution in [2.24, 2.45) is 0 Å². The molecule has 1 fully saturated rings. The summed E-state index contributed by atoms with van der Waals surface area (Å²) in [7, 11) is -1.92. The van der Waals surface area contributed by atoms with Crippen LogP contribution in [0.2, 0.25) is 0 Å². The molecule has 0 unspecified atom stereocenters. The molecule has 0 aliphatic heterocycles. The van der Waals surface area contributed by atoms with E-state index >= 15 is 0 Å². The van der Waals surface area contributed by atoms with Crippen LogP contribution in [0.1, 0.15) is 19.8 Å². The predicted octanol–water partition coefficient (Wildman–Crippen LogP) is 0.292. The van der Waals surface area contributed by atoms with Gasteiger partial charge in [-0.15, -0.1) is 0 Å². The average Bonchev–Trinajstić information content (AvgIpc) is 3.14. The van der Waals surface area contributed by atoms with Gasteiger partial charge in [0.25, 0.3) is 0 Å². The molecule has 0 saturated heterocycles. The molecule has 1 N–H and O–H groups in total. The molecule has 1 saturated carbocycles. The molecule has 7 nitrogen and oxygen atoms in total. The van der Waals surface area contributed by atoms with Crippen molar-refractivity contribution in [2.75, 3.05) is 33.4 Å². The lowest BCUT2D eigenvalue weighted by molar-refractivity contribution is 0.138. The van der Waals surface area contributed by atoms with Crippen LogP contribution in [-0.2, 0) is 21.3 Å². The zero-order valence-electron chi connectivity index (χ0n) is 12.7. The third-order valence-electron chi connectivity index (χ3n) is 3.42. The lowest BCUT2D eigenvalue weighted by Gasteiger charge is -2.15. The molecule has 0 amide bonds. The third-order valence-corrected chi connectivity index (χ3v) is 5.23. The molecule has 1 heterocycles. The first kappa shape index (κ1) is 16.4. The molecular formula is C13H24N4O3S. The monoisotopic (exact) mass is 316 g/mol. The van der Waals surface area contributed by atoms with E-state index in [0.717, 1.165) is 6.54 Å². The maximum Gasteiger partial charge on any atom is 0.246 e. The summed E-state index contributed by atoms with van der Waals surface area (Å²) in [6.45, 7) is 4.69. The molecule has 120 valence electrons. The Balaban J connectivity index is 1.87. The number of aromatic nitrogens is 2. The smallest absolute Gasteiger partial charge is 0.246 e. The van der Waals surface area contributed by atoms with Crippen LogP contribution < -0.4 is 5.32 Å². The minimum Gasteiger partial charge on any atom is -0.380 e. The molecule has 1 aromatic rings. The second-order valence-electron chi connectivity index (χ2n) is 5.19. The van der Waals surface area contributed by atoms with Gasteiger partial charge in [-0.2, -0.15) is 9.40 Å². The van der Waals surface area contributed by atoms with Crippen LogP contribution >= 0.6 is 0 Å². The van der Waals surface area contributed by atoms with E-state index in [4.69, 9.17) is 4.74 Å². The SMILES string of the molecule is CCOCCN(C)S(=O)(=O)c1cnn(CCNC2CC2)c1. The summed E-state index contributed by atoms with van der Waals surface area (Å²) in [4.78, 5) is 0.230. The molecule has 0 aromatic carbocycles. The van der Waals surface area contributed by atoms with Gasteiger partial charge in [-0.05, 0) is 19.8 Å². The Labute approximate surface area is 126 Å². The van der Waals surface area contributed by atoms with Gasteiger partial charge in [0.05, 0.1) is 19.3 Å². The van der Waals surface area contributed by atoms with Crippen molar-refractivity contribution in [3.63, 3.8) is 0 Å². The Bertz CT molecular complexity index is 539. The zero-order chi connectivity index (χ0) is 15.3. The Hall–Kier alpha value is -0.960. The molecule has 0 spiro atoms. The van der Waals surface area contributed by atoms with Crippen LogP contribution in [-0.4, -0.2) is 61.9 Å². The van der Waals surface area contributed by atoms with Crippen molar-refractivity contribution in [2.45, 2.75) is 37.2 Å². The molecule has 1 aliphatic rings. The van der Waals surface area contributed by atoms with Crippen LogP contribution in [0, 0.1) is 0 Å². The Morgan fingerprint density at radius 3 is 2.95 bits per heavy atom. The van der Waals surface area contributed by atoms with E-state index in [1.54, 1.807) is 17.9 Å². The van der Waals surface area contributed by atoms with Gasteiger partial charge in [0, 0.05) is 39.0 Å². The van der Waals surface area contributed by atoms with Gasteiger partial charge < -0.3 is 10.1 Å². The molecule has 8 heteroatoms. The molecule has 1 aliphatic carbocycles. The number of rotatable bonds is 10. The number of likely N-dealkylation sites (N-methyl/N-ethyl adjacent to an activating group) is 1. The minimum atomic E-state index is -3.48. The average molecular weight is 316 g/mol. The highest BCUT2D eigenvalue weighted by Gasteiger charge is 2.23. The van der Waals surface area contributed by atoms with Crippen LogP contribution in [0.25, 0.3) is 0 Å². The summed E-state index contributed by atoms with van der Waals surface area (Å²) in [5.41, 5.74) is 0. The van der Waals surface area contributed by atoms with E-state index < -0.39 is 10.0 Å². The highest BCUT2D eigenvalue weighted by Crippen LogP contribution is 2.18. The standard InChI is InChI=1S/C13H24N4O3S/c1-3-20-9-8-16(2)21(18,19)13-10-15-17(11-13)7-6-14-12-4-5-12/h10-12,14H,3-9H2,1-2H3. The first-order valence-corrected chi connectivity index (χ1v) is 8.78. The van der Waals surface area contributed by atoms with Crippen molar-refractivity contribution in [3.8, 4) is 0 Å². The fraction of sp³-hybridized carbons (Fsp3) is 0.769. The summed E-state index contributed by atoms with van der Waals surface area (Å²) >= 11 is 0. The van der Waals surface area contributed by atoms with E-state index in [0.29, 0.717) is 32.3 Å². The van der Waals surface area contributed by atoms with E-state index in [1.165, 1.54) is 23.3 Å². The minimum absolute atomic E-state index is 0.230. The molecule has 1 aromatic heterocycles. The summed E-state index contributed by atoms with van der Waals surface area (Å²) in [5.74, 6) is 0. The Morgan fingerprint density at radius 1 is 1.52 bits per heavy atom. The molecule has 0 atom stereocenters. The maximum absolute atomic E-state index is 12.3. The molecule has 21 heavy (non-hydrogen) atoms. The topological polar surface area (TPSA) is 76.5 Å². The van der Waals surface area contributed by atoms with Crippen molar-refractivity contribution in [1.29, 1.82) is 0 Å². The van der Waals surface area contributed by atoms with Gasteiger partial charge >= 0.3 is 0 Å². The first-order chi connectivity index (χ1) is 10.0. The van der Waals surface area contributed by atoms with E-state index in [1.807, 2.05) is 6.92 Å². The molecular weight excluding hydrogens is 292 g/mol. The van der Waals surface area contributed by atoms with Crippen LogP contribution in [0.5, 0.6) is 0 Å². The number of nitrogens with zero attached hydrogens (tertiary/aromatic N) is 3. The second-order valence-corrected chi connectivity index (χ2v) is 7.24. The second kappa shape index (κ2) is 7.35. The molecule has 0 bridgehead atoms. The highest BCUT2D eigenvalue weighted by molar-refractivity contribution is 7.89. The summed E-state index contributed by atoms with van der Waals surface area (Å²) in [6, 6.07) is 0.647. The Kier molecular flexibility index (Phi) is 5.74. The van der Waals surface area contributed by atoms with Crippen LogP contribution in [0.15, 0.2) is 17.3 Å². The van der Waals surface area contributed by atoms with Gasteiger partial charge in [-0.1, -0.05) is 0 Å². The van der Waals surface area contributed by atoms with E-state index in [-0.39, 0.29) is 4.90 Å². The van der Waals surface area contributed by atoms with Gasteiger partial charge in [-0.3, -0.25) is 4.68 Å². The lowest BCUT2D eigenvalue weighted by Crippen LogP contribution is -2.30. The normalized spacial score (nSPS) is 15.8. The fourth-order valence-corrected chi connectivity index (χ4v) is 3.02. The van der Waals surface area contributed by atoms with Crippen molar-refractivity contribution >= 4 is 10.0 Å². The quantitative estimate of drug-likeness (QED) is 0.628. The van der Waals surface area contributed by atoms with Crippen molar-refractivity contribution < 1.29 is 13.2 Å². The summed E-state index contributed by atoms with van der Waals surface area (Å²) in [6.07, 6.45) is 5.47. The number of hydrogen-bond donors (Lipinski definition) is 1. The van der Waals surface area contributed by atoms with Gasteiger partial charge in [0.1, 0.15) is 4.90 Å². The summed E-state index contributed by atoms with van der Waals surface area (Å²) in [5, 5.41) is 7.49. The number of ether oxygens (including phenoxy) is 1. The number of hydrogen-bond acceptors (Lipinski definition) is 5. The van der Waals surface area contributed by atoms with Crippen molar-refractivity contribution in [1.82, 2.24) is 19.4 Å². The van der Waals surface area contributed by atoms with Gasteiger partial charge in [-0.25, -0.2) is 8.42 Å². The molecule has 0 radical (unpaired) electrons. The maximum atomic E-state index is 12.3. The predicted molar refractivity (Wildman–Crippen MR) is 79.6 cm³/mol. The largest absolute Gasteiger partial charge is 0.380 e. The third kappa shape index (κ3) is 4.77. The summed E-state index contributed by atoms with van der Waals surface area (Å²) < 4.78 is 32.8. The lowest BCUT2D eigenvalue weighted by atomic mass is 10.6. The van der Waals surface area contributed by atoms with E-state index in [2.05, 4.69) is 10.4 Å². The zero-order valence-corrected chi connectivity index (χ0v) is 13.5. The van der Waals surface area contributed by atoms with Crippen molar-refractivity contribution in [3.05, 3.63) is 12.4 Å². The highest BCUT2D eigenvalue weighted by atomic mass is 32.2. The Morgan fingerprint density at radius 2 is 2.29 bits per heavy atom. The molecule has 2 rings (SSSR count). The van der Waals surface area contributed by atoms with Gasteiger partial charge in [0.2, 0.25) is 10.0 Å². The number of nitrogens with one attached hydrogen (secondary N) is 1. The fourth-order valence-electron chi connectivity index (χ4n) is 1.91.